The zero-order valence-corrected chi connectivity index (χ0v) is 9.86. The zero-order valence-electron chi connectivity index (χ0n) is 9.86. The van der Waals surface area contributed by atoms with Crippen LogP contribution in [0.15, 0.2) is 24.3 Å². The van der Waals surface area contributed by atoms with Crippen LogP contribution in [-0.2, 0) is 22.3 Å². The van der Waals surface area contributed by atoms with Crippen LogP contribution in [-0.4, -0.2) is 20.4 Å². The molecule has 0 unspecified atom stereocenters. The molecular weight excluding hydrogens is 204 g/mol. The monoisotopic (exact) mass is 222 g/mol. The fourth-order valence-corrected chi connectivity index (χ4v) is 1.76. The molecule has 3 heteroatoms. The molecule has 0 amide bonds. The SMILES string of the molecule is COC(=O)OC.c1ccc2c(c1)CCCC2. The number of hydrogen-bond acceptors (Lipinski definition) is 3. The molecule has 0 heterocycles. The van der Waals surface area contributed by atoms with Gasteiger partial charge in [0.15, 0.2) is 0 Å². The molecule has 88 valence electrons. The van der Waals surface area contributed by atoms with E-state index in [0.29, 0.717) is 0 Å². The Balaban J connectivity index is 0.000000187. The number of aryl methyl sites for hydroxylation is 2. The van der Waals surface area contributed by atoms with E-state index in [-0.39, 0.29) is 0 Å². The summed E-state index contributed by atoms with van der Waals surface area (Å²) in [5.74, 6) is 0. The van der Waals surface area contributed by atoms with E-state index in [9.17, 15) is 4.79 Å². The van der Waals surface area contributed by atoms with E-state index in [0.717, 1.165) is 0 Å². The Morgan fingerprint density at radius 1 is 1.00 bits per heavy atom. The second-order valence-corrected chi connectivity index (χ2v) is 3.63. The molecule has 16 heavy (non-hydrogen) atoms. The fraction of sp³-hybridized carbons (Fsp3) is 0.462. The van der Waals surface area contributed by atoms with Gasteiger partial charge in [-0.2, -0.15) is 0 Å². The summed E-state index contributed by atoms with van der Waals surface area (Å²) in [4.78, 5) is 9.74. The van der Waals surface area contributed by atoms with Crippen LogP contribution < -0.4 is 0 Å². The Kier molecular flexibility index (Phi) is 5.40. The Hall–Kier alpha value is -1.51. The van der Waals surface area contributed by atoms with Gasteiger partial charge in [0, 0.05) is 0 Å². The van der Waals surface area contributed by atoms with Crippen molar-refractivity contribution in [2.75, 3.05) is 14.2 Å². The first-order valence-corrected chi connectivity index (χ1v) is 5.46. The molecule has 1 aliphatic carbocycles. The van der Waals surface area contributed by atoms with Gasteiger partial charge in [0.25, 0.3) is 0 Å². The lowest BCUT2D eigenvalue weighted by atomic mass is 9.92. The van der Waals surface area contributed by atoms with Crippen LogP contribution in [0.1, 0.15) is 24.0 Å². The number of carbonyl (C=O) groups is 1. The Labute approximate surface area is 96.4 Å². The Morgan fingerprint density at radius 2 is 1.44 bits per heavy atom. The minimum atomic E-state index is -0.657. The maximum atomic E-state index is 9.74. The number of ether oxygens (including phenoxy) is 2. The first-order chi connectivity index (χ1) is 7.77. The molecule has 0 saturated heterocycles. The van der Waals surface area contributed by atoms with Gasteiger partial charge in [0.2, 0.25) is 0 Å². The van der Waals surface area contributed by atoms with Crippen LogP contribution in [0.4, 0.5) is 4.79 Å². The highest BCUT2D eigenvalue weighted by atomic mass is 16.7. The van der Waals surface area contributed by atoms with Gasteiger partial charge in [-0.15, -0.1) is 0 Å². The van der Waals surface area contributed by atoms with Crippen molar-refractivity contribution in [3.63, 3.8) is 0 Å². The van der Waals surface area contributed by atoms with Crippen LogP contribution in [0.3, 0.4) is 0 Å². The molecular formula is C13H18O3. The van der Waals surface area contributed by atoms with Crippen LogP contribution in [0.2, 0.25) is 0 Å². The molecule has 0 saturated carbocycles. The van der Waals surface area contributed by atoms with E-state index < -0.39 is 6.16 Å². The number of methoxy groups -OCH3 is 2. The Morgan fingerprint density at radius 3 is 1.75 bits per heavy atom. The van der Waals surface area contributed by atoms with Crippen LogP contribution in [0.5, 0.6) is 0 Å². The van der Waals surface area contributed by atoms with Crippen molar-refractivity contribution in [2.45, 2.75) is 25.7 Å². The molecule has 0 fully saturated rings. The normalized spacial score (nSPS) is 12.9. The average Bonchev–Trinajstić information content (AvgIpc) is 2.38. The molecule has 2 rings (SSSR count). The molecule has 0 radical (unpaired) electrons. The zero-order chi connectivity index (χ0) is 11.8. The molecule has 0 atom stereocenters. The Bertz CT molecular complexity index is 303. The number of fused-ring (bicyclic) bond motifs is 1. The van der Waals surface area contributed by atoms with Gasteiger partial charge >= 0.3 is 6.16 Å². The van der Waals surface area contributed by atoms with Crippen molar-refractivity contribution >= 4 is 6.16 Å². The molecule has 1 aromatic carbocycles. The first-order valence-electron chi connectivity index (χ1n) is 5.46. The number of carbonyl (C=O) groups excluding carboxylic acids is 1. The second-order valence-electron chi connectivity index (χ2n) is 3.63. The second kappa shape index (κ2) is 6.88. The maximum absolute atomic E-state index is 9.74. The molecule has 0 bridgehead atoms. The van der Waals surface area contributed by atoms with Crippen LogP contribution in [0, 0.1) is 0 Å². The number of rotatable bonds is 0. The third-order valence-electron chi connectivity index (χ3n) is 2.59. The maximum Gasteiger partial charge on any atom is 0.507 e. The highest BCUT2D eigenvalue weighted by molar-refractivity contribution is 5.59. The number of hydrogen-bond donors (Lipinski definition) is 0. The molecule has 0 aromatic heterocycles. The van der Waals surface area contributed by atoms with Gasteiger partial charge in [-0.05, 0) is 36.8 Å². The standard InChI is InChI=1S/C10H12.C3H6O3/c1-2-6-10-8-4-3-7-9(10)5-1;1-5-3(4)6-2/h1-2,5-6H,3-4,7-8H2;1-2H3. The molecule has 3 nitrogen and oxygen atoms in total. The lowest BCUT2D eigenvalue weighted by molar-refractivity contribution is 0.0924. The van der Waals surface area contributed by atoms with E-state index in [1.165, 1.54) is 39.9 Å². The summed E-state index contributed by atoms with van der Waals surface area (Å²) >= 11 is 0. The van der Waals surface area contributed by atoms with Gasteiger partial charge < -0.3 is 9.47 Å². The van der Waals surface area contributed by atoms with Gasteiger partial charge in [-0.25, -0.2) is 4.79 Å². The van der Waals surface area contributed by atoms with Gasteiger partial charge in [0.05, 0.1) is 14.2 Å². The minimum Gasteiger partial charge on any atom is -0.438 e. The smallest absolute Gasteiger partial charge is 0.438 e. The van der Waals surface area contributed by atoms with Crippen LogP contribution in [0.25, 0.3) is 0 Å². The number of benzene rings is 1. The van der Waals surface area contributed by atoms with Gasteiger partial charge in [-0.1, -0.05) is 24.3 Å². The first kappa shape index (κ1) is 12.6. The lowest BCUT2D eigenvalue weighted by Crippen LogP contribution is -2.00. The van der Waals surface area contributed by atoms with Crippen molar-refractivity contribution in [1.82, 2.24) is 0 Å². The van der Waals surface area contributed by atoms with Crippen molar-refractivity contribution in [2.24, 2.45) is 0 Å². The van der Waals surface area contributed by atoms with E-state index in [1.54, 1.807) is 11.1 Å². The van der Waals surface area contributed by atoms with Gasteiger partial charge in [0.1, 0.15) is 0 Å². The summed E-state index contributed by atoms with van der Waals surface area (Å²) in [6, 6.07) is 8.80. The van der Waals surface area contributed by atoms with Crippen molar-refractivity contribution < 1.29 is 14.3 Å². The van der Waals surface area contributed by atoms with E-state index >= 15 is 0 Å². The van der Waals surface area contributed by atoms with E-state index in [2.05, 4.69) is 33.7 Å². The fourth-order valence-electron chi connectivity index (χ4n) is 1.76. The third kappa shape index (κ3) is 3.93. The molecule has 0 aliphatic heterocycles. The average molecular weight is 222 g/mol. The van der Waals surface area contributed by atoms with E-state index in [1.807, 2.05) is 0 Å². The topological polar surface area (TPSA) is 35.5 Å². The molecule has 0 spiro atoms. The highest BCUT2D eigenvalue weighted by Gasteiger charge is 2.05. The predicted molar refractivity (Wildman–Crippen MR) is 62.5 cm³/mol. The predicted octanol–water partition coefficient (Wildman–Crippen LogP) is 2.96. The molecule has 0 N–H and O–H groups in total. The van der Waals surface area contributed by atoms with Gasteiger partial charge in [-0.3, -0.25) is 0 Å². The summed E-state index contributed by atoms with van der Waals surface area (Å²) in [7, 11) is 2.51. The third-order valence-corrected chi connectivity index (χ3v) is 2.59. The molecule has 1 aromatic rings. The van der Waals surface area contributed by atoms with Crippen molar-refractivity contribution in [1.29, 1.82) is 0 Å². The summed E-state index contributed by atoms with van der Waals surface area (Å²) in [6.45, 7) is 0. The molecule has 1 aliphatic rings. The summed E-state index contributed by atoms with van der Waals surface area (Å²) in [5.41, 5.74) is 3.16. The quantitative estimate of drug-likeness (QED) is 0.633. The summed E-state index contributed by atoms with van der Waals surface area (Å²) in [6.07, 6.45) is 4.72. The van der Waals surface area contributed by atoms with Crippen LogP contribution >= 0.6 is 0 Å². The summed E-state index contributed by atoms with van der Waals surface area (Å²) < 4.78 is 8.08. The lowest BCUT2D eigenvalue weighted by Gasteiger charge is -2.13. The highest BCUT2D eigenvalue weighted by Crippen LogP contribution is 2.19. The minimum absolute atomic E-state index is 0.657. The van der Waals surface area contributed by atoms with Crippen molar-refractivity contribution in [3.05, 3.63) is 35.4 Å². The summed E-state index contributed by atoms with van der Waals surface area (Å²) in [5, 5.41) is 0. The van der Waals surface area contributed by atoms with Crippen molar-refractivity contribution in [3.8, 4) is 0 Å². The largest absolute Gasteiger partial charge is 0.507 e. The van der Waals surface area contributed by atoms with E-state index in [4.69, 9.17) is 0 Å².